The van der Waals surface area contributed by atoms with Crippen LogP contribution in [0.1, 0.15) is 24.8 Å². The predicted octanol–water partition coefficient (Wildman–Crippen LogP) is 2.04. The van der Waals surface area contributed by atoms with Crippen molar-refractivity contribution >= 4 is 17.3 Å². The molecule has 1 amide bonds. The highest BCUT2D eigenvalue weighted by molar-refractivity contribution is 5.69. The van der Waals surface area contributed by atoms with Gasteiger partial charge in [0, 0.05) is 12.7 Å². The second-order valence-electron chi connectivity index (χ2n) is 5.09. The minimum absolute atomic E-state index is 0.144. The van der Waals surface area contributed by atoms with Gasteiger partial charge in [-0.2, -0.15) is 4.98 Å². The lowest BCUT2D eigenvalue weighted by Crippen LogP contribution is -2.39. The Hall–Kier alpha value is -2.41. The van der Waals surface area contributed by atoms with E-state index in [-0.39, 0.29) is 12.5 Å². The molecule has 0 aliphatic carbocycles. The standard InChI is InChI=1S/C15H17N3O4/c1-2-9-21-15(20)18-8-4-5-10(18)12(19)14-17-13-11(22-14)6-3-7-16-13/h2-3,6-7,10,12,19H,1,4-5,8-9H2/t10-,12?/m0/s1. The predicted molar refractivity (Wildman–Crippen MR) is 78.0 cm³/mol. The number of amides is 1. The van der Waals surface area contributed by atoms with Crippen LogP contribution < -0.4 is 0 Å². The topological polar surface area (TPSA) is 88.7 Å². The van der Waals surface area contributed by atoms with Gasteiger partial charge >= 0.3 is 6.09 Å². The van der Waals surface area contributed by atoms with Crippen LogP contribution in [0.25, 0.3) is 11.2 Å². The van der Waals surface area contributed by atoms with Gasteiger partial charge in [0.1, 0.15) is 6.61 Å². The van der Waals surface area contributed by atoms with Crippen LogP contribution in [-0.4, -0.2) is 45.3 Å². The summed E-state index contributed by atoms with van der Waals surface area (Å²) >= 11 is 0. The molecule has 1 saturated heterocycles. The Morgan fingerprint density at radius 1 is 1.68 bits per heavy atom. The van der Waals surface area contributed by atoms with Gasteiger partial charge in [-0.1, -0.05) is 12.7 Å². The van der Waals surface area contributed by atoms with Crippen LogP contribution in [0.5, 0.6) is 0 Å². The van der Waals surface area contributed by atoms with Gasteiger partial charge in [0.15, 0.2) is 17.3 Å². The Kier molecular flexibility index (Phi) is 4.06. The SMILES string of the molecule is C=CCOC(=O)N1CCC[C@H]1C(O)c1nc2ncccc2o1. The number of aromatic nitrogens is 2. The van der Waals surface area contributed by atoms with E-state index >= 15 is 0 Å². The summed E-state index contributed by atoms with van der Waals surface area (Å²) < 4.78 is 10.6. The van der Waals surface area contributed by atoms with Crippen molar-refractivity contribution in [2.24, 2.45) is 0 Å². The highest BCUT2D eigenvalue weighted by Gasteiger charge is 2.37. The van der Waals surface area contributed by atoms with E-state index in [1.54, 1.807) is 18.3 Å². The molecule has 1 N–H and O–H groups in total. The normalized spacial score (nSPS) is 19.3. The molecule has 3 heterocycles. The maximum absolute atomic E-state index is 12.0. The number of hydrogen-bond acceptors (Lipinski definition) is 6. The van der Waals surface area contributed by atoms with Crippen molar-refractivity contribution in [2.45, 2.75) is 25.0 Å². The van der Waals surface area contributed by atoms with Crippen LogP contribution in [0.3, 0.4) is 0 Å². The molecule has 2 aromatic rings. The zero-order valence-corrected chi connectivity index (χ0v) is 12.0. The number of rotatable bonds is 4. The quantitative estimate of drug-likeness (QED) is 0.870. The summed E-state index contributed by atoms with van der Waals surface area (Å²) in [4.78, 5) is 21.8. The first-order valence-corrected chi connectivity index (χ1v) is 7.14. The summed E-state index contributed by atoms with van der Waals surface area (Å²) in [5.74, 6) is 0.169. The smallest absolute Gasteiger partial charge is 0.410 e. The molecule has 2 atom stereocenters. The van der Waals surface area contributed by atoms with Crippen LogP contribution in [0.2, 0.25) is 0 Å². The summed E-state index contributed by atoms with van der Waals surface area (Å²) in [6.45, 7) is 4.19. The number of aliphatic hydroxyl groups is 1. The number of carbonyl (C=O) groups excluding carboxylic acids is 1. The van der Waals surface area contributed by atoms with Crippen LogP contribution in [-0.2, 0) is 4.74 Å². The molecule has 3 rings (SSSR count). The van der Waals surface area contributed by atoms with E-state index in [1.807, 2.05) is 0 Å². The van der Waals surface area contributed by atoms with E-state index in [2.05, 4.69) is 16.5 Å². The zero-order chi connectivity index (χ0) is 15.5. The Morgan fingerprint density at radius 2 is 2.55 bits per heavy atom. The molecule has 22 heavy (non-hydrogen) atoms. The van der Waals surface area contributed by atoms with E-state index in [9.17, 15) is 9.90 Å². The summed E-state index contributed by atoms with van der Waals surface area (Å²) in [6, 6.07) is 3.06. The fraction of sp³-hybridized carbons (Fsp3) is 0.400. The lowest BCUT2D eigenvalue weighted by atomic mass is 10.1. The number of likely N-dealkylation sites (tertiary alicyclic amines) is 1. The molecule has 1 unspecified atom stereocenters. The molecule has 1 aliphatic rings. The summed E-state index contributed by atoms with van der Waals surface area (Å²) in [6.07, 6.45) is 3.10. The van der Waals surface area contributed by atoms with Gasteiger partial charge in [0.05, 0.1) is 6.04 Å². The number of carbonyl (C=O) groups is 1. The molecular weight excluding hydrogens is 286 g/mol. The molecule has 2 aromatic heterocycles. The minimum Gasteiger partial charge on any atom is -0.445 e. The molecular formula is C15H17N3O4. The number of fused-ring (bicyclic) bond motifs is 1. The Bertz CT molecular complexity index is 651. The molecule has 7 heteroatoms. The van der Waals surface area contributed by atoms with Gasteiger partial charge in [-0.25, -0.2) is 9.78 Å². The second kappa shape index (κ2) is 6.15. The first-order chi connectivity index (χ1) is 10.7. The number of oxazole rings is 1. The van der Waals surface area contributed by atoms with Gasteiger partial charge < -0.3 is 19.2 Å². The first-order valence-electron chi connectivity index (χ1n) is 7.14. The molecule has 7 nitrogen and oxygen atoms in total. The molecule has 0 bridgehead atoms. The first kappa shape index (κ1) is 14.5. The molecule has 0 spiro atoms. The van der Waals surface area contributed by atoms with Crippen molar-refractivity contribution in [3.8, 4) is 0 Å². The van der Waals surface area contributed by atoms with Crippen molar-refractivity contribution in [3.63, 3.8) is 0 Å². The Morgan fingerprint density at radius 3 is 3.32 bits per heavy atom. The average Bonchev–Trinajstić information content (AvgIpc) is 3.18. The van der Waals surface area contributed by atoms with Crippen LogP contribution in [0.15, 0.2) is 35.4 Å². The molecule has 0 saturated carbocycles. The van der Waals surface area contributed by atoms with E-state index in [1.165, 1.54) is 11.0 Å². The van der Waals surface area contributed by atoms with Crippen molar-refractivity contribution in [1.82, 2.24) is 14.9 Å². The van der Waals surface area contributed by atoms with Gasteiger partial charge in [0.2, 0.25) is 5.89 Å². The third-order valence-corrected chi connectivity index (χ3v) is 3.66. The molecule has 0 aromatic carbocycles. The van der Waals surface area contributed by atoms with E-state index in [4.69, 9.17) is 9.15 Å². The van der Waals surface area contributed by atoms with E-state index in [0.717, 1.165) is 6.42 Å². The lowest BCUT2D eigenvalue weighted by Gasteiger charge is -2.26. The monoisotopic (exact) mass is 303 g/mol. The van der Waals surface area contributed by atoms with Crippen LogP contribution in [0.4, 0.5) is 4.79 Å². The van der Waals surface area contributed by atoms with Crippen molar-refractivity contribution in [1.29, 1.82) is 0 Å². The third kappa shape index (κ3) is 2.67. The number of ether oxygens (including phenoxy) is 1. The van der Waals surface area contributed by atoms with Gasteiger partial charge in [-0.05, 0) is 25.0 Å². The zero-order valence-electron chi connectivity index (χ0n) is 12.0. The van der Waals surface area contributed by atoms with E-state index < -0.39 is 18.2 Å². The number of nitrogens with zero attached hydrogens (tertiary/aromatic N) is 3. The van der Waals surface area contributed by atoms with Crippen molar-refractivity contribution in [3.05, 3.63) is 36.9 Å². The highest BCUT2D eigenvalue weighted by Crippen LogP contribution is 2.30. The summed E-state index contributed by atoms with van der Waals surface area (Å²) in [7, 11) is 0. The fourth-order valence-corrected chi connectivity index (χ4v) is 2.64. The lowest BCUT2D eigenvalue weighted by molar-refractivity contribution is 0.0426. The van der Waals surface area contributed by atoms with Gasteiger partial charge in [-0.15, -0.1) is 0 Å². The molecule has 1 fully saturated rings. The molecule has 116 valence electrons. The molecule has 0 radical (unpaired) electrons. The average molecular weight is 303 g/mol. The Labute approximate surface area is 127 Å². The van der Waals surface area contributed by atoms with E-state index in [0.29, 0.717) is 24.2 Å². The molecule has 1 aliphatic heterocycles. The summed E-state index contributed by atoms with van der Waals surface area (Å²) in [5.41, 5.74) is 0.950. The highest BCUT2D eigenvalue weighted by atomic mass is 16.6. The fourth-order valence-electron chi connectivity index (χ4n) is 2.64. The van der Waals surface area contributed by atoms with Crippen molar-refractivity contribution < 1.29 is 19.1 Å². The van der Waals surface area contributed by atoms with Crippen LogP contribution >= 0.6 is 0 Å². The maximum Gasteiger partial charge on any atom is 0.410 e. The van der Waals surface area contributed by atoms with Crippen LogP contribution in [0, 0.1) is 0 Å². The minimum atomic E-state index is -1.01. The largest absolute Gasteiger partial charge is 0.445 e. The second-order valence-corrected chi connectivity index (χ2v) is 5.09. The Balaban J connectivity index is 1.79. The maximum atomic E-state index is 12.0. The third-order valence-electron chi connectivity index (χ3n) is 3.66. The van der Waals surface area contributed by atoms with Crippen molar-refractivity contribution in [2.75, 3.05) is 13.2 Å². The number of hydrogen-bond donors (Lipinski definition) is 1. The number of aliphatic hydroxyl groups excluding tert-OH is 1. The van der Waals surface area contributed by atoms with Gasteiger partial charge in [-0.3, -0.25) is 0 Å². The summed E-state index contributed by atoms with van der Waals surface area (Å²) in [5, 5.41) is 10.5. The number of pyridine rings is 1. The van der Waals surface area contributed by atoms with Gasteiger partial charge in [0.25, 0.3) is 0 Å².